The molecule has 0 saturated carbocycles. The number of hydrogen-bond acceptors (Lipinski definition) is 4. The number of aromatic hydroxyl groups is 1. The zero-order chi connectivity index (χ0) is 12.8. The Hall–Kier alpha value is -1.75. The number of hydrogen-bond donors (Lipinski definition) is 4. The van der Waals surface area contributed by atoms with Crippen LogP contribution in [0.1, 0.15) is 30.1 Å². The Balaban J connectivity index is 2.78. The van der Waals surface area contributed by atoms with Crippen LogP contribution in [0.25, 0.3) is 0 Å². The first-order valence-electron chi connectivity index (χ1n) is 5.58. The first kappa shape index (κ1) is 13.3. The summed E-state index contributed by atoms with van der Waals surface area (Å²) in [5.41, 5.74) is 6.23. The molecule has 0 radical (unpaired) electrons. The molecule has 0 aliphatic carbocycles. The average Bonchev–Trinajstić information content (AvgIpc) is 2.31. The summed E-state index contributed by atoms with van der Waals surface area (Å²) in [6, 6.07) is 4.15. The van der Waals surface area contributed by atoms with Crippen molar-refractivity contribution in [2.24, 2.45) is 0 Å². The normalized spacial score (nSPS) is 12.1. The van der Waals surface area contributed by atoms with Crippen molar-refractivity contribution in [1.82, 2.24) is 5.32 Å². The minimum atomic E-state index is -0.335. The molecule has 1 amide bonds. The maximum Gasteiger partial charge on any atom is 0.253 e. The maximum atomic E-state index is 11.9. The number of nitrogen functional groups attached to an aromatic ring is 1. The maximum absolute atomic E-state index is 11.9. The van der Waals surface area contributed by atoms with Gasteiger partial charge in [0.25, 0.3) is 5.91 Å². The van der Waals surface area contributed by atoms with Gasteiger partial charge in [0.1, 0.15) is 5.75 Å². The molecule has 0 saturated heterocycles. The highest BCUT2D eigenvalue weighted by atomic mass is 16.3. The number of carbonyl (C=O) groups excluding carboxylic acids is 1. The van der Waals surface area contributed by atoms with E-state index in [1.807, 2.05) is 6.92 Å². The van der Waals surface area contributed by atoms with Gasteiger partial charge in [-0.25, -0.2) is 0 Å². The van der Waals surface area contributed by atoms with Crippen LogP contribution in [-0.4, -0.2) is 28.8 Å². The zero-order valence-corrected chi connectivity index (χ0v) is 9.81. The number of carbonyl (C=O) groups is 1. The summed E-state index contributed by atoms with van der Waals surface area (Å²) in [5.74, 6) is -0.335. The van der Waals surface area contributed by atoms with Crippen LogP contribution in [0.15, 0.2) is 18.2 Å². The third-order valence-corrected chi connectivity index (χ3v) is 2.59. The van der Waals surface area contributed by atoms with Gasteiger partial charge in [-0.2, -0.15) is 0 Å². The summed E-state index contributed by atoms with van der Waals surface area (Å²) in [6.07, 6.45) is 1.23. The third kappa shape index (κ3) is 3.64. The van der Waals surface area contributed by atoms with Crippen molar-refractivity contribution in [3.05, 3.63) is 23.8 Å². The fourth-order valence-electron chi connectivity index (χ4n) is 1.54. The molecule has 1 aromatic rings. The standard InChI is InChI=1S/C12H18N2O3/c1-2-8(5-6-15)14-12(17)10-7-9(16)3-4-11(10)13/h3-4,7-8,15-16H,2,5-6,13H2,1H3,(H,14,17). The summed E-state index contributed by atoms with van der Waals surface area (Å²) in [4.78, 5) is 11.9. The highest BCUT2D eigenvalue weighted by Crippen LogP contribution is 2.18. The van der Waals surface area contributed by atoms with Gasteiger partial charge in [-0.1, -0.05) is 6.92 Å². The third-order valence-electron chi connectivity index (χ3n) is 2.59. The lowest BCUT2D eigenvalue weighted by atomic mass is 10.1. The molecule has 0 spiro atoms. The lowest BCUT2D eigenvalue weighted by Gasteiger charge is -2.16. The van der Waals surface area contributed by atoms with E-state index in [1.165, 1.54) is 18.2 Å². The SMILES string of the molecule is CCC(CCO)NC(=O)c1cc(O)ccc1N. The number of rotatable bonds is 5. The molecule has 1 rings (SSSR count). The first-order chi connectivity index (χ1) is 8.08. The highest BCUT2D eigenvalue weighted by molar-refractivity contribution is 5.99. The predicted molar refractivity (Wildman–Crippen MR) is 65.8 cm³/mol. The van der Waals surface area contributed by atoms with Gasteiger partial charge < -0.3 is 21.3 Å². The Labute approximate surface area is 100 Å². The summed E-state index contributed by atoms with van der Waals surface area (Å²) < 4.78 is 0. The minimum Gasteiger partial charge on any atom is -0.508 e. The molecule has 1 aromatic carbocycles. The minimum absolute atomic E-state index is 0.000410. The molecular formula is C12H18N2O3. The zero-order valence-electron chi connectivity index (χ0n) is 9.81. The molecule has 5 nitrogen and oxygen atoms in total. The molecule has 0 heterocycles. The molecule has 0 aromatic heterocycles. The number of amides is 1. The van der Waals surface area contributed by atoms with Crippen LogP contribution in [-0.2, 0) is 0 Å². The Morgan fingerprint density at radius 1 is 1.53 bits per heavy atom. The van der Waals surface area contributed by atoms with E-state index >= 15 is 0 Å². The van der Waals surface area contributed by atoms with Gasteiger partial charge in [0, 0.05) is 18.3 Å². The molecule has 0 aliphatic rings. The van der Waals surface area contributed by atoms with E-state index in [4.69, 9.17) is 10.8 Å². The lowest BCUT2D eigenvalue weighted by molar-refractivity contribution is 0.0929. The Bertz CT molecular complexity index is 393. The Kier molecular flexibility index (Phi) is 4.78. The van der Waals surface area contributed by atoms with Crippen molar-refractivity contribution < 1.29 is 15.0 Å². The van der Waals surface area contributed by atoms with Crippen molar-refractivity contribution >= 4 is 11.6 Å². The monoisotopic (exact) mass is 238 g/mol. The number of aliphatic hydroxyl groups excluding tert-OH is 1. The van der Waals surface area contributed by atoms with E-state index < -0.39 is 0 Å². The number of aliphatic hydroxyl groups is 1. The second-order valence-electron chi connectivity index (χ2n) is 3.86. The van der Waals surface area contributed by atoms with Gasteiger partial charge in [-0.05, 0) is 31.0 Å². The molecule has 1 atom stereocenters. The van der Waals surface area contributed by atoms with Crippen molar-refractivity contribution in [2.45, 2.75) is 25.8 Å². The summed E-state index contributed by atoms with van der Waals surface area (Å²) in [5, 5.41) is 20.9. The number of phenols is 1. The predicted octanol–water partition coefficient (Wildman–Crippen LogP) is 0.865. The summed E-state index contributed by atoms with van der Waals surface area (Å²) in [6.45, 7) is 1.95. The number of benzene rings is 1. The van der Waals surface area contributed by atoms with Gasteiger partial charge in [0.05, 0.1) is 5.56 Å². The van der Waals surface area contributed by atoms with E-state index in [-0.39, 0.29) is 29.9 Å². The lowest BCUT2D eigenvalue weighted by Crippen LogP contribution is -2.35. The molecule has 0 aliphatic heterocycles. The van der Waals surface area contributed by atoms with E-state index in [9.17, 15) is 9.90 Å². The van der Waals surface area contributed by atoms with Crippen LogP contribution in [0, 0.1) is 0 Å². The van der Waals surface area contributed by atoms with E-state index in [1.54, 1.807) is 0 Å². The number of anilines is 1. The fraction of sp³-hybridized carbons (Fsp3) is 0.417. The molecule has 0 bridgehead atoms. The second kappa shape index (κ2) is 6.10. The van der Waals surface area contributed by atoms with Gasteiger partial charge in [-0.3, -0.25) is 4.79 Å². The van der Waals surface area contributed by atoms with E-state index in [0.29, 0.717) is 12.1 Å². The largest absolute Gasteiger partial charge is 0.508 e. The van der Waals surface area contributed by atoms with Crippen LogP contribution in [0.4, 0.5) is 5.69 Å². The number of phenolic OH excluding ortho intramolecular Hbond substituents is 1. The van der Waals surface area contributed by atoms with Crippen LogP contribution in [0.3, 0.4) is 0 Å². The van der Waals surface area contributed by atoms with Gasteiger partial charge in [0.15, 0.2) is 0 Å². The van der Waals surface area contributed by atoms with Crippen molar-refractivity contribution in [3.8, 4) is 5.75 Å². The van der Waals surface area contributed by atoms with Crippen LogP contribution < -0.4 is 11.1 Å². The molecule has 94 valence electrons. The second-order valence-corrected chi connectivity index (χ2v) is 3.86. The average molecular weight is 238 g/mol. The molecule has 5 heteroatoms. The molecule has 0 fully saturated rings. The van der Waals surface area contributed by atoms with E-state index in [2.05, 4.69) is 5.32 Å². The van der Waals surface area contributed by atoms with Gasteiger partial charge >= 0.3 is 0 Å². The molecule has 17 heavy (non-hydrogen) atoms. The fourth-order valence-corrected chi connectivity index (χ4v) is 1.54. The highest BCUT2D eigenvalue weighted by Gasteiger charge is 2.14. The van der Waals surface area contributed by atoms with Crippen LogP contribution >= 0.6 is 0 Å². The van der Waals surface area contributed by atoms with Crippen molar-refractivity contribution in [1.29, 1.82) is 0 Å². The summed E-state index contributed by atoms with van der Waals surface area (Å²) >= 11 is 0. The van der Waals surface area contributed by atoms with Gasteiger partial charge in [0.2, 0.25) is 0 Å². The van der Waals surface area contributed by atoms with Crippen LogP contribution in [0.5, 0.6) is 5.75 Å². The van der Waals surface area contributed by atoms with Crippen LogP contribution in [0.2, 0.25) is 0 Å². The van der Waals surface area contributed by atoms with Gasteiger partial charge in [-0.15, -0.1) is 0 Å². The number of nitrogens with one attached hydrogen (secondary N) is 1. The molecular weight excluding hydrogens is 220 g/mol. The smallest absolute Gasteiger partial charge is 0.253 e. The molecule has 5 N–H and O–H groups in total. The molecule has 1 unspecified atom stereocenters. The Morgan fingerprint density at radius 3 is 2.82 bits per heavy atom. The number of nitrogens with two attached hydrogens (primary N) is 1. The topological polar surface area (TPSA) is 95.6 Å². The summed E-state index contributed by atoms with van der Waals surface area (Å²) in [7, 11) is 0. The Morgan fingerprint density at radius 2 is 2.24 bits per heavy atom. The quantitative estimate of drug-likeness (QED) is 0.452. The first-order valence-corrected chi connectivity index (χ1v) is 5.58. The van der Waals surface area contributed by atoms with E-state index in [0.717, 1.165) is 6.42 Å². The van der Waals surface area contributed by atoms with Crippen molar-refractivity contribution in [3.63, 3.8) is 0 Å². The van der Waals surface area contributed by atoms with Crippen molar-refractivity contribution in [2.75, 3.05) is 12.3 Å².